The van der Waals surface area contributed by atoms with Gasteiger partial charge in [0.05, 0.1) is 31.3 Å². The Kier molecular flexibility index (Phi) is 58.9. The molecule has 25 heteroatoms. The number of aliphatic hydroxyl groups is 2. The largest absolute Gasteiger partial charge is 0.505 e. The molecular formula is C84H143F2N3O18SV. The molecule has 4 fully saturated rings. The van der Waals surface area contributed by atoms with Crippen molar-refractivity contribution in [1.29, 1.82) is 0 Å². The number of benzene rings is 3. The molecule has 4 aliphatic carbocycles. The fourth-order valence-electron chi connectivity index (χ4n) is 12.6. The first-order valence-electron chi connectivity index (χ1n) is 40.5. The molecule has 7 rings (SSSR count). The zero-order valence-electron chi connectivity index (χ0n) is 68.3. The molecule has 8 atom stereocenters. The third kappa shape index (κ3) is 51.6. The van der Waals surface area contributed by atoms with Gasteiger partial charge in [0, 0.05) is 111 Å². The number of aryl methyl sites for hydroxylation is 1. The molecule has 0 aromatic heterocycles. The van der Waals surface area contributed by atoms with Crippen LogP contribution < -0.4 is 20.7 Å². The van der Waals surface area contributed by atoms with Crippen LogP contribution in [0.5, 0.6) is 11.5 Å². The van der Waals surface area contributed by atoms with E-state index < -0.39 is 45.1 Å². The van der Waals surface area contributed by atoms with E-state index in [-0.39, 0.29) is 66.7 Å². The normalized spacial score (nSPS) is 19.7. The van der Waals surface area contributed by atoms with Crippen molar-refractivity contribution in [3.63, 3.8) is 0 Å². The molecule has 3 amide bonds. The van der Waals surface area contributed by atoms with E-state index in [0.717, 1.165) is 123 Å². The number of aromatic hydroxyl groups is 1. The van der Waals surface area contributed by atoms with E-state index >= 15 is 0 Å². The molecule has 0 spiro atoms. The number of halogens is 2. The fourth-order valence-corrected chi connectivity index (χ4v) is 13.6. The van der Waals surface area contributed by atoms with E-state index in [1.807, 2.05) is 27.7 Å². The first-order chi connectivity index (χ1) is 51.8. The summed E-state index contributed by atoms with van der Waals surface area (Å²) in [7, 11) is -3.67. The van der Waals surface area contributed by atoms with Crippen molar-refractivity contribution in [2.45, 2.75) is 246 Å². The van der Waals surface area contributed by atoms with Gasteiger partial charge in [0.2, 0.25) is 0 Å². The molecule has 4 saturated carbocycles. The quantitative estimate of drug-likeness (QED) is 0.0230. The van der Waals surface area contributed by atoms with Gasteiger partial charge < -0.3 is 73.9 Å². The molecule has 0 aliphatic heterocycles. The molecule has 0 bridgehead atoms. The maximum absolute atomic E-state index is 13.4. The topological polar surface area (TPSA) is 274 Å². The zero-order valence-corrected chi connectivity index (χ0v) is 70.5. The minimum Gasteiger partial charge on any atom is -0.505 e. The summed E-state index contributed by atoms with van der Waals surface area (Å²) in [6, 6.07) is 18.2. The van der Waals surface area contributed by atoms with Gasteiger partial charge in [-0.25, -0.2) is 23.2 Å². The second-order valence-corrected chi connectivity index (χ2v) is 32.2. The summed E-state index contributed by atoms with van der Waals surface area (Å²) in [5.74, 6) is 2.56. The van der Waals surface area contributed by atoms with Crippen molar-refractivity contribution in [2.24, 2.45) is 47.3 Å². The Bertz CT molecular complexity index is 2840. The van der Waals surface area contributed by atoms with E-state index in [1.54, 1.807) is 63.2 Å². The molecule has 109 heavy (non-hydrogen) atoms. The number of aliphatic hydroxyl groups excluding tert-OH is 2. The van der Waals surface area contributed by atoms with Gasteiger partial charge >= 0.3 is 18.3 Å². The molecule has 21 nitrogen and oxygen atoms in total. The van der Waals surface area contributed by atoms with Crippen LogP contribution in [-0.2, 0) is 70.8 Å². The monoisotopic (exact) mass is 1600 g/mol. The van der Waals surface area contributed by atoms with E-state index in [4.69, 9.17) is 57.0 Å². The Balaban J connectivity index is 0.000000679. The van der Waals surface area contributed by atoms with Crippen molar-refractivity contribution < 1.29 is 112 Å². The number of para-hydroxylation sites is 2. The number of alkyl carbamates (subject to hydrolysis) is 2. The van der Waals surface area contributed by atoms with Gasteiger partial charge in [0.15, 0.2) is 23.1 Å². The van der Waals surface area contributed by atoms with Crippen LogP contribution in [0.2, 0.25) is 0 Å². The van der Waals surface area contributed by atoms with E-state index in [1.165, 1.54) is 127 Å². The fraction of sp³-hybridized carbons (Fsp3) is 0.750. The Morgan fingerprint density at radius 1 is 0.440 bits per heavy atom. The van der Waals surface area contributed by atoms with Crippen LogP contribution in [0.15, 0.2) is 77.7 Å². The number of phenolic OH excluding ortho intramolecular Hbond substituents is 1. The zero-order chi connectivity index (χ0) is 79.7. The molecule has 4 aliphatic rings. The van der Waals surface area contributed by atoms with E-state index in [2.05, 4.69) is 43.6 Å². The summed E-state index contributed by atoms with van der Waals surface area (Å²) in [5.41, 5.74) is 0.0999. The predicted octanol–water partition coefficient (Wildman–Crippen LogP) is 17.7. The molecule has 0 heterocycles. The van der Waals surface area contributed by atoms with Gasteiger partial charge in [-0.2, -0.15) is 8.42 Å². The number of hydrogen-bond donors (Lipinski definition) is 6. The Morgan fingerprint density at radius 3 is 1.09 bits per heavy atom. The Hall–Kier alpha value is -4.70. The number of unbranched alkanes of at least 4 members (excludes halogenated alkanes) is 4. The van der Waals surface area contributed by atoms with Crippen LogP contribution in [0.3, 0.4) is 0 Å². The average molecular weight is 1600 g/mol. The van der Waals surface area contributed by atoms with Gasteiger partial charge in [0.25, 0.3) is 10.1 Å². The number of carbonyl (C=O) groups excluding carboxylic acids is 3. The molecule has 627 valence electrons. The number of nitrogens with one attached hydrogen (secondary N) is 3. The Morgan fingerprint density at radius 2 is 0.761 bits per heavy atom. The summed E-state index contributed by atoms with van der Waals surface area (Å²) >= 11 is 0. The van der Waals surface area contributed by atoms with Crippen LogP contribution in [0.4, 0.5) is 23.2 Å². The van der Waals surface area contributed by atoms with Crippen LogP contribution in [0.25, 0.3) is 0 Å². The minimum absolute atomic E-state index is 0. The van der Waals surface area contributed by atoms with Gasteiger partial charge in [-0.15, -0.1) is 0 Å². The second-order valence-electron chi connectivity index (χ2n) is 30.6. The van der Waals surface area contributed by atoms with Crippen LogP contribution in [-0.4, -0.2) is 172 Å². The third-order valence-corrected chi connectivity index (χ3v) is 20.2. The summed E-state index contributed by atoms with van der Waals surface area (Å²) in [4.78, 5) is 34.2. The number of phenols is 1. The summed E-state index contributed by atoms with van der Waals surface area (Å²) in [6.07, 6.45) is 27.1. The molecule has 1 radical (unpaired) electrons. The maximum Gasteiger partial charge on any atom is 0.412 e. The Labute approximate surface area is 666 Å². The molecule has 6 N–H and O–H groups in total. The first-order valence-corrected chi connectivity index (χ1v) is 41.9. The number of amides is 3. The molecule has 8 unspecified atom stereocenters. The minimum atomic E-state index is -3.67. The summed E-state index contributed by atoms with van der Waals surface area (Å²) in [6.45, 7) is 32.2. The second kappa shape index (κ2) is 62.7. The standard InChI is InChI=1S/C21H32FNO4.C19H37NO4.C19H30O4S.C12H24O2.C7H15NO3.C6H5FO.V/c1-2-3-13-25-15-17-8-4-5-9-18(17)16-26-14-12-23-21(24)27-20-11-7-6-10-19(20)22;1-5-6-12-22-14-16-9-7-8-10-17(16)15-23-13-11-20-18(21)24-19(2,3)4;1-3-4-13-22-14-17-7-5-6-8-18(17)15-23-24(20,21)19-11-9-16(2)10-12-19;1-2-3-8-14-10-12-7-5-4-6-11(12)9-13;1-7(2,3)11-6(10)8-4-5-9;7-5-3-1-2-4-6(5)8;/h6-7,10-11,17-18H,2-5,8-9,12-16H2,1H3,(H,23,24);16-17H,5-15H2,1-4H3,(H,20,21);9-12,17-18H,3-8,13-15H2,1-2H3;11-13H,2-10H2,1H3;9H,4-5H2,1-3H3,(H,8,10);1-4,8H;. The first kappa shape index (κ1) is 102. The van der Waals surface area contributed by atoms with Crippen molar-refractivity contribution in [1.82, 2.24) is 16.0 Å². The molecule has 3 aromatic rings. The molecular weight excluding hydrogens is 1460 g/mol. The maximum atomic E-state index is 13.4. The van der Waals surface area contributed by atoms with Crippen molar-refractivity contribution in [3.8, 4) is 11.5 Å². The number of carbonyl (C=O) groups is 3. The van der Waals surface area contributed by atoms with Crippen LogP contribution >= 0.6 is 0 Å². The number of ether oxygens (including phenoxy) is 9. The van der Waals surface area contributed by atoms with Crippen LogP contribution in [0, 0.1) is 65.9 Å². The third-order valence-electron chi connectivity index (χ3n) is 18.9. The summed E-state index contributed by atoms with van der Waals surface area (Å²) in [5, 5.41) is 33.8. The van der Waals surface area contributed by atoms with Crippen molar-refractivity contribution in [3.05, 3.63) is 90.0 Å². The number of rotatable bonds is 38. The van der Waals surface area contributed by atoms with Crippen molar-refractivity contribution in [2.75, 3.05) is 119 Å². The molecule has 3 aromatic carbocycles. The van der Waals surface area contributed by atoms with Gasteiger partial charge in [0.1, 0.15) is 11.2 Å². The predicted molar refractivity (Wildman–Crippen MR) is 422 cm³/mol. The van der Waals surface area contributed by atoms with Crippen molar-refractivity contribution >= 4 is 28.4 Å². The average Bonchev–Trinajstić information content (AvgIpc) is 0.853. The number of hydrogen-bond acceptors (Lipinski definition) is 18. The van der Waals surface area contributed by atoms with Gasteiger partial charge in [-0.05, 0) is 209 Å². The summed E-state index contributed by atoms with van der Waals surface area (Å²) < 4.78 is 105. The van der Waals surface area contributed by atoms with Gasteiger partial charge in [-0.3, -0.25) is 4.18 Å². The van der Waals surface area contributed by atoms with E-state index in [9.17, 15) is 36.7 Å². The smallest absolute Gasteiger partial charge is 0.412 e. The SMILES string of the molecule is CC(C)(C)OC(=O)NCCO.CCCCOCC1CCCCC1CO.CCCCOCC1CCCCC1COCCNC(=O)OC(C)(C)C.CCCCOCC1CCCCC1COCCNC(=O)Oc1ccccc1F.CCCCOCC1CCCCC1COS(=O)(=O)c1ccc(C)cc1.Oc1ccccc1F.[V]. The van der Waals surface area contributed by atoms with E-state index in [0.29, 0.717) is 80.9 Å². The van der Waals surface area contributed by atoms with Gasteiger partial charge in [-0.1, -0.05) is 147 Å². The van der Waals surface area contributed by atoms with Crippen LogP contribution in [0.1, 0.15) is 229 Å². The molecule has 0 saturated heterocycles.